The smallest absolute Gasteiger partial charge is 0.271 e. The first-order chi connectivity index (χ1) is 15.1. The molecule has 6 nitrogen and oxygen atoms in total. The Morgan fingerprint density at radius 2 is 1.68 bits per heavy atom. The Morgan fingerprint density at radius 3 is 2.52 bits per heavy atom. The van der Waals surface area contributed by atoms with Crippen molar-refractivity contribution in [2.45, 2.75) is 0 Å². The van der Waals surface area contributed by atoms with E-state index in [1.54, 1.807) is 12.1 Å². The third kappa shape index (κ3) is 4.79. The molecule has 0 saturated carbocycles. The van der Waals surface area contributed by atoms with Crippen LogP contribution in [-0.4, -0.2) is 17.2 Å². The lowest BCUT2D eigenvalue weighted by Gasteiger charge is -2.02. The number of azo groups is 1. The molecule has 0 aliphatic rings. The topological polar surface area (TPSA) is 86.4 Å². The number of nitrogens with zero attached hydrogens (tertiary/aromatic N) is 3. The average Bonchev–Trinajstić information content (AvgIpc) is 2.79. The van der Waals surface area contributed by atoms with Crippen molar-refractivity contribution in [1.29, 1.82) is 0 Å². The highest BCUT2D eigenvalue weighted by atomic mass is 19.1. The van der Waals surface area contributed by atoms with Crippen LogP contribution in [0.1, 0.15) is 15.9 Å². The van der Waals surface area contributed by atoms with Crippen LogP contribution >= 0.6 is 0 Å². The van der Waals surface area contributed by atoms with Gasteiger partial charge in [0.2, 0.25) is 0 Å². The van der Waals surface area contributed by atoms with Crippen LogP contribution < -0.4 is 5.43 Å². The first-order valence-electron chi connectivity index (χ1n) is 9.42. The molecule has 0 aromatic heterocycles. The van der Waals surface area contributed by atoms with Gasteiger partial charge in [0.05, 0.1) is 17.6 Å². The molecule has 0 fully saturated rings. The van der Waals surface area contributed by atoms with E-state index in [-0.39, 0.29) is 11.3 Å². The van der Waals surface area contributed by atoms with Gasteiger partial charge in [0.25, 0.3) is 5.91 Å². The number of fused-ring (bicyclic) bond motifs is 1. The van der Waals surface area contributed by atoms with Crippen molar-refractivity contribution < 1.29 is 14.3 Å². The normalized spacial score (nSPS) is 11.4. The lowest BCUT2D eigenvalue weighted by atomic mass is 10.1. The standard InChI is InChI=1S/C24H17FN4O2/c25-19-10-8-17(9-11-19)24(31)29-26-15-18-14-20(12-13-23(18)30)27-28-22-7-3-5-16-4-1-2-6-21(16)22/h1-15,30H,(H,29,31)/b26-15+,28-27?. The Balaban J connectivity index is 1.50. The molecule has 0 unspecified atom stereocenters. The summed E-state index contributed by atoms with van der Waals surface area (Å²) in [5.41, 5.74) is 4.19. The van der Waals surface area contributed by atoms with Crippen molar-refractivity contribution in [3.63, 3.8) is 0 Å². The summed E-state index contributed by atoms with van der Waals surface area (Å²) in [6.45, 7) is 0. The van der Waals surface area contributed by atoms with E-state index in [1.807, 2.05) is 42.5 Å². The minimum Gasteiger partial charge on any atom is -0.507 e. The molecule has 1 amide bonds. The van der Waals surface area contributed by atoms with Gasteiger partial charge in [0.1, 0.15) is 11.6 Å². The molecular weight excluding hydrogens is 395 g/mol. The Morgan fingerprint density at radius 1 is 0.903 bits per heavy atom. The fourth-order valence-corrected chi connectivity index (χ4v) is 2.94. The quantitative estimate of drug-likeness (QED) is 0.244. The lowest BCUT2D eigenvalue weighted by molar-refractivity contribution is 0.0955. The molecule has 0 aliphatic carbocycles. The summed E-state index contributed by atoms with van der Waals surface area (Å²) in [5.74, 6) is -0.953. The maximum Gasteiger partial charge on any atom is 0.271 e. The molecular formula is C24H17FN4O2. The second-order valence-electron chi connectivity index (χ2n) is 6.65. The summed E-state index contributed by atoms with van der Waals surface area (Å²) < 4.78 is 12.9. The van der Waals surface area contributed by atoms with Gasteiger partial charge >= 0.3 is 0 Å². The van der Waals surface area contributed by atoms with Gasteiger partial charge in [-0.25, -0.2) is 9.82 Å². The molecule has 4 rings (SSSR count). The number of phenolic OH excluding ortho intramolecular Hbond substituents is 1. The molecule has 4 aromatic rings. The maximum absolute atomic E-state index is 12.9. The number of hydrogen-bond acceptors (Lipinski definition) is 5. The summed E-state index contributed by atoms with van der Waals surface area (Å²) in [6.07, 6.45) is 1.30. The van der Waals surface area contributed by atoms with Crippen molar-refractivity contribution in [3.8, 4) is 5.75 Å². The highest BCUT2D eigenvalue weighted by Gasteiger charge is 2.05. The van der Waals surface area contributed by atoms with Crippen molar-refractivity contribution in [2.75, 3.05) is 0 Å². The summed E-state index contributed by atoms with van der Waals surface area (Å²) in [5, 5.41) is 24.5. The molecule has 2 N–H and O–H groups in total. The summed E-state index contributed by atoms with van der Waals surface area (Å²) in [7, 11) is 0. The Bertz CT molecular complexity index is 1300. The zero-order chi connectivity index (χ0) is 21.6. The number of benzene rings is 4. The van der Waals surface area contributed by atoms with Crippen molar-refractivity contribution in [2.24, 2.45) is 15.3 Å². The number of phenols is 1. The molecule has 0 atom stereocenters. The van der Waals surface area contributed by atoms with Crippen LogP contribution in [0.2, 0.25) is 0 Å². The van der Waals surface area contributed by atoms with Crippen LogP contribution in [0.5, 0.6) is 5.75 Å². The maximum atomic E-state index is 12.9. The van der Waals surface area contributed by atoms with Gasteiger partial charge in [-0.3, -0.25) is 4.79 Å². The molecule has 0 spiro atoms. The Hall–Kier alpha value is -4.39. The molecule has 4 aromatic carbocycles. The lowest BCUT2D eigenvalue weighted by Crippen LogP contribution is -2.17. The highest BCUT2D eigenvalue weighted by molar-refractivity contribution is 5.95. The van der Waals surface area contributed by atoms with E-state index >= 15 is 0 Å². The third-order valence-corrected chi connectivity index (χ3v) is 4.53. The number of aromatic hydroxyl groups is 1. The number of amides is 1. The summed E-state index contributed by atoms with van der Waals surface area (Å²) in [4.78, 5) is 12.0. The number of rotatable bonds is 5. The van der Waals surface area contributed by atoms with Crippen LogP contribution in [0.15, 0.2) is 100 Å². The first-order valence-corrected chi connectivity index (χ1v) is 9.42. The van der Waals surface area contributed by atoms with Crippen LogP contribution in [0.25, 0.3) is 10.8 Å². The predicted octanol–water partition coefficient (Wildman–Crippen LogP) is 5.86. The van der Waals surface area contributed by atoms with Crippen LogP contribution in [0.3, 0.4) is 0 Å². The molecule has 152 valence electrons. The van der Waals surface area contributed by atoms with Crippen molar-refractivity contribution >= 4 is 34.3 Å². The summed E-state index contributed by atoms with van der Waals surface area (Å²) >= 11 is 0. The predicted molar refractivity (Wildman–Crippen MR) is 118 cm³/mol. The largest absolute Gasteiger partial charge is 0.507 e. The highest BCUT2D eigenvalue weighted by Crippen LogP contribution is 2.28. The van der Waals surface area contributed by atoms with E-state index in [0.717, 1.165) is 16.5 Å². The minimum atomic E-state index is -0.498. The van der Waals surface area contributed by atoms with Crippen LogP contribution in [-0.2, 0) is 0 Å². The van der Waals surface area contributed by atoms with Gasteiger partial charge in [-0.1, -0.05) is 36.4 Å². The second kappa shape index (κ2) is 8.96. The molecule has 0 aliphatic heterocycles. The number of hydrogen-bond donors (Lipinski definition) is 2. The van der Waals surface area contributed by atoms with E-state index in [4.69, 9.17) is 0 Å². The molecule has 0 radical (unpaired) electrons. The van der Waals surface area contributed by atoms with Crippen LogP contribution in [0, 0.1) is 5.82 Å². The van der Waals surface area contributed by atoms with E-state index in [9.17, 15) is 14.3 Å². The van der Waals surface area contributed by atoms with E-state index in [2.05, 4.69) is 20.8 Å². The zero-order valence-corrected chi connectivity index (χ0v) is 16.2. The van der Waals surface area contributed by atoms with Gasteiger partial charge in [-0.2, -0.15) is 10.2 Å². The number of hydrazone groups is 1. The number of carbonyl (C=O) groups excluding carboxylic acids is 1. The SMILES string of the molecule is O=C(N/N=C/c1cc(N=Nc2cccc3ccccc23)ccc1O)c1ccc(F)cc1. The van der Waals surface area contributed by atoms with Gasteiger partial charge in [-0.05, 0) is 53.9 Å². The average molecular weight is 412 g/mol. The van der Waals surface area contributed by atoms with Crippen molar-refractivity contribution in [1.82, 2.24) is 5.43 Å². The van der Waals surface area contributed by atoms with Crippen LogP contribution in [0.4, 0.5) is 15.8 Å². The number of halogens is 1. The summed E-state index contributed by atoms with van der Waals surface area (Å²) in [6, 6.07) is 23.4. The Kier molecular flexibility index (Phi) is 5.75. The number of nitrogens with one attached hydrogen (secondary N) is 1. The van der Waals surface area contributed by atoms with Crippen molar-refractivity contribution in [3.05, 3.63) is 102 Å². The van der Waals surface area contributed by atoms with E-state index in [1.165, 1.54) is 36.5 Å². The number of carbonyl (C=O) groups is 1. The van der Waals surface area contributed by atoms with E-state index < -0.39 is 11.7 Å². The monoisotopic (exact) mass is 412 g/mol. The fraction of sp³-hybridized carbons (Fsp3) is 0. The minimum absolute atomic E-state index is 0.0242. The molecule has 31 heavy (non-hydrogen) atoms. The first kappa shape index (κ1) is 19.9. The molecule has 0 saturated heterocycles. The molecule has 0 heterocycles. The Labute approximate surface area is 177 Å². The second-order valence-corrected chi connectivity index (χ2v) is 6.65. The zero-order valence-electron chi connectivity index (χ0n) is 16.2. The molecule has 0 bridgehead atoms. The molecule has 7 heteroatoms. The van der Waals surface area contributed by atoms with Gasteiger partial charge in [0, 0.05) is 16.5 Å². The third-order valence-electron chi connectivity index (χ3n) is 4.53. The van der Waals surface area contributed by atoms with Gasteiger partial charge < -0.3 is 5.11 Å². The fourth-order valence-electron chi connectivity index (χ4n) is 2.94. The van der Waals surface area contributed by atoms with Gasteiger partial charge in [-0.15, -0.1) is 5.11 Å². The van der Waals surface area contributed by atoms with Gasteiger partial charge in [0.15, 0.2) is 0 Å². The van der Waals surface area contributed by atoms with E-state index in [0.29, 0.717) is 11.3 Å².